The number of aromatic nitrogens is 2. The standard InChI is InChI=1S/C18H17N3O2S/c22-24-10-8-21(9-11-24)16-5-3-14(4-6-16)17-13-23-18(20-17)15-2-1-7-19-12-15/h1-7,12-13H,8-11H2. The molecular formula is C18H17N3O2S. The van der Waals surface area contributed by atoms with E-state index in [-0.39, 0.29) is 0 Å². The Morgan fingerprint density at radius 3 is 2.54 bits per heavy atom. The van der Waals surface area contributed by atoms with Crippen LogP contribution in [0.1, 0.15) is 0 Å². The van der Waals surface area contributed by atoms with Gasteiger partial charge in [0.1, 0.15) is 12.0 Å². The van der Waals surface area contributed by atoms with E-state index in [0.29, 0.717) is 5.89 Å². The van der Waals surface area contributed by atoms with Gasteiger partial charge in [0, 0.05) is 59.0 Å². The predicted molar refractivity (Wildman–Crippen MR) is 95.3 cm³/mol. The minimum absolute atomic E-state index is 0.570. The molecule has 0 spiro atoms. The third-order valence-electron chi connectivity index (χ3n) is 4.12. The molecule has 1 aliphatic rings. The second-order valence-corrected chi connectivity index (χ2v) is 7.36. The number of benzene rings is 1. The van der Waals surface area contributed by atoms with E-state index in [1.807, 2.05) is 24.3 Å². The second kappa shape index (κ2) is 6.57. The maximum atomic E-state index is 11.5. The molecule has 1 saturated heterocycles. The molecule has 1 fully saturated rings. The van der Waals surface area contributed by atoms with Gasteiger partial charge in [-0.1, -0.05) is 12.1 Å². The average molecular weight is 339 g/mol. The number of nitrogens with zero attached hydrogens (tertiary/aromatic N) is 3. The van der Waals surface area contributed by atoms with E-state index in [0.717, 1.165) is 47.1 Å². The molecule has 3 heterocycles. The van der Waals surface area contributed by atoms with Gasteiger partial charge < -0.3 is 9.32 Å². The lowest BCUT2D eigenvalue weighted by Gasteiger charge is -2.28. The number of hydrogen-bond donors (Lipinski definition) is 0. The topological polar surface area (TPSA) is 59.2 Å². The van der Waals surface area contributed by atoms with E-state index in [1.54, 1.807) is 18.7 Å². The summed E-state index contributed by atoms with van der Waals surface area (Å²) in [4.78, 5) is 10.9. The molecule has 0 atom stereocenters. The molecule has 0 radical (unpaired) electrons. The van der Waals surface area contributed by atoms with Gasteiger partial charge in [-0.2, -0.15) is 0 Å². The van der Waals surface area contributed by atoms with Crippen LogP contribution in [0.2, 0.25) is 0 Å². The van der Waals surface area contributed by atoms with Gasteiger partial charge in [-0.3, -0.25) is 9.19 Å². The smallest absolute Gasteiger partial charge is 0.228 e. The lowest BCUT2D eigenvalue weighted by atomic mass is 10.1. The Bertz CT molecular complexity index is 836. The first-order chi connectivity index (χ1) is 11.8. The Kier molecular flexibility index (Phi) is 4.13. The number of anilines is 1. The molecule has 4 rings (SSSR count). The van der Waals surface area contributed by atoms with E-state index in [9.17, 15) is 4.21 Å². The van der Waals surface area contributed by atoms with Crippen LogP contribution >= 0.6 is 0 Å². The van der Waals surface area contributed by atoms with Crippen LogP contribution in [-0.4, -0.2) is 38.8 Å². The van der Waals surface area contributed by atoms with Crippen molar-refractivity contribution in [2.24, 2.45) is 0 Å². The van der Waals surface area contributed by atoms with E-state index >= 15 is 0 Å². The van der Waals surface area contributed by atoms with E-state index in [4.69, 9.17) is 4.42 Å². The Hall–Kier alpha value is -2.47. The molecule has 0 bridgehead atoms. The summed E-state index contributed by atoms with van der Waals surface area (Å²) in [6.45, 7) is 1.70. The van der Waals surface area contributed by atoms with Crippen molar-refractivity contribution in [2.45, 2.75) is 0 Å². The van der Waals surface area contributed by atoms with Crippen molar-refractivity contribution in [2.75, 3.05) is 29.5 Å². The summed E-state index contributed by atoms with van der Waals surface area (Å²) < 4.78 is 17.0. The van der Waals surface area contributed by atoms with Gasteiger partial charge >= 0.3 is 0 Å². The van der Waals surface area contributed by atoms with Gasteiger partial charge in [0.15, 0.2) is 0 Å². The molecule has 2 aromatic heterocycles. The lowest BCUT2D eigenvalue weighted by molar-refractivity contribution is 0.574. The number of rotatable bonds is 3. The van der Waals surface area contributed by atoms with E-state index < -0.39 is 10.8 Å². The van der Waals surface area contributed by atoms with Crippen molar-refractivity contribution in [3.63, 3.8) is 0 Å². The van der Waals surface area contributed by atoms with Gasteiger partial charge in [0.05, 0.1) is 5.56 Å². The summed E-state index contributed by atoms with van der Waals surface area (Å²) in [6.07, 6.45) is 5.13. The minimum Gasteiger partial charge on any atom is -0.444 e. The maximum absolute atomic E-state index is 11.5. The van der Waals surface area contributed by atoms with Gasteiger partial charge in [0.25, 0.3) is 0 Å². The predicted octanol–water partition coefficient (Wildman–Crippen LogP) is 2.97. The van der Waals surface area contributed by atoms with Crippen molar-refractivity contribution in [3.8, 4) is 22.7 Å². The second-order valence-electron chi connectivity index (χ2n) is 5.66. The monoisotopic (exact) mass is 339 g/mol. The maximum Gasteiger partial charge on any atom is 0.228 e. The van der Waals surface area contributed by atoms with Crippen molar-refractivity contribution in [3.05, 3.63) is 55.1 Å². The van der Waals surface area contributed by atoms with Gasteiger partial charge in [-0.05, 0) is 24.3 Å². The molecule has 1 aromatic carbocycles. The van der Waals surface area contributed by atoms with Gasteiger partial charge in [-0.25, -0.2) is 4.98 Å². The van der Waals surface area contributed by atoms with Crippen LogP contribution in [0.15, 0.2) is 59.5 Å². The SMILES string of the molecule is O=S1CCN(c2ccc(-c3coc(-c4cccnc4)n3)cc2)CC1. The molecule has 0 N–H and O–H groups in total. The van der Waals surface area contributed by atoms with Gasteiger partial charge in [0.2, 0.25) is 5.89 Å². The van der Waals surface area contributed by atoms with E-state index in [1.165, 1.54) is 0 Å². The number of pyridine rings is 1. The zero-order valence-electron chi connectivity index (χ0n) is 13.1. The molecule has 0 saturated carbocycles. The molecule has 3 aromatic rings. The fraction of sp³-hybridized carbons (Fsp3) is 0.222. The molecule has 5 nitrogen and oxygen atoms in total. The highest BCUT2D eigenvalue weighted by atomic mass is 32.2. The van der Waals surface area contributed by atoms with Gasteiger partial charge in [-0.15, -0.1) is 0 Å². The zero-order valence-corrected chi connectivity index (χ0v) is 13.9. The zero-order chi connectivity index (χ0) is 16.4. The largest absolute Gasteiger partial charge is 0.444 e. The summed E-state index contributed by atoms with van der Waals surface area (Å²) in [5.74, 6) is 2.07. The average Bonchev–Trinajstić information content (AvgIpc) is 3.13. The first-order valence-corrected chi connectivity index (χ1v) is 9.35. The Labute approximate surface area is 142 Å². The fourth-order valence-corrected chi connectivity index (χ4v) is 3.82. The first kappa shape index (κ1) is 15.1. The van der Waals surface area contributed by atoms with Crippen molar-refractivity contribution in [1.82, 2.24) is 9.97 Å². The number of hydrogen-bond acceptors (Lipinski definition) is 5. The molecule has 1 aliphatic heterocycles. The molecule has 0 unspecified atom stereocenters. The highest BCUT2D eigenvalue weighted by Gasteiger charge is 2.16. The third kappa shape index (κ3) is 3.10. The highest BCUT2D eigenvalue weighted by molar-refractivity contribution is 7.85. The van der Waals surface area contributed by atoms with Crippen LogP contribution in [-0.2, 0) is 10.8 Å². The molecule has 6 heteroatoms. The Morgan fingerprint density at radius 2 is 1.83 bits per heavy atom. The van der Waals surface area contributed by atoms with E-state index in [2.05, 4.69) is 27.0 Å². The fourth-order valence-electron chi connectivity index (χ4n) is 2.77. The number of oxazole rings is 1. The minimum atomic E-state index is -0.653. The summed E-state index contributed by atoms with van der Waals surface area (Å²) in [6, 6.07) is 12.0. The van der Waals surface area contributed by atoms with Crippen molar-refractivity contribution in [1.29, 1.82) is 0 Å². The highest BCUT2D eigenvalue weighted by Crippen LogP contribution is 2.26. The van der Waals surface area contributed by atoms with Crippen LogP contribution in [0.25, 0.3) is 22.7 Å². The van der Waals surface area contributed by atoms with Crippen LogP contribution in [0, 0.1) is 0 Å². The van der Waals surface area contributed by atoms with Crippen LogP contribution in [0.5, 0.6) is 0 Å². The third-order valence-corrected chi connectivity index (χ3v) is 5.39. The summed E-state index contributed by atoms with van der Waals surface area (Å²) >= 11 is 0. The van der Waals surface area contributed by atoms with Crippen LogP contribution < -0.4 is 4.90 Å². The molecule has 0 amide bonds. The van der Waals surface area contributed by atoms with Crippen molar-refractivity contribution >= 4 is 16.5 Å². The molecule has 122 valence electrons. The summed E-state index contributed by atoms with van der Waals surface area (Å²) in [5, 5.41) is 0. The Morgan fingerprint density at radius 1 is 1.04 bits per heavy atom. The summed E-state index contributed by atoms with van der Waals surface area (Å²) in [7, 11) is -0.653. The lowest BCUT2D eigenvalue weighted by Crippen LogP contribution is -2.37. The van der Waals surface area contributed by atoms with Crippen LogP contribution in [0.3, 0.4) is 0 Å². The quantitative estimate of drug-likeness (QED) is 0.734. The molecular weight excluding hydrogens is 322 g/mol. The summed E-state index contributed by atoms with van der Waals surface area (Å²) in [5.41, 5.74) is 3.84. The normalized spacial score (nSPS) is 15.6. The first-order valence-electron chi connectivity index (χ1n) is 7.86. The van der Waals surface area contributed by atoms with Crippen LogP contribution in [0.4, 0.5) is 5.69 Å². The molecule has 24 heavy (non-hydrogen) atoms. The Balaban J connectivity index is 1.53. The van der Waals surface area contributed by atoms with Crippen molar-refractivity contribution < 1.29 is 8.63 Å². The molecule has 0 aliphatic carbocycles.